The van der Waals surface area contributed by atoms with Gasteiger partial charge in [0.15, 0.2) is 0 Å². The number of aromatic nitrogens is 6. The van der Waals surface area contributed by atoms with Crippen molar-refractivity contribution in [3.63, 3.8) is 0 Å². The quantitative estimate of drug-likeness (QED) is 0.0856. The molecule has 2 N–H and O–H groups in total. The lowest BCUT2D eigenvalue weighted by atomic mass is 10.0. The van der Waals surface area contributed by atoms with E-state index in [-0.39, 0.29) is 30.1 Å². The van der Waals surface area contributed by atoms with E-state index in [0.29, 0.717) is 117 Å². The molecule has 590 valence electrons. The van der Waals surface area contributed by atoms with E-state index in [4.69, 9.17) is 48.1 Å². The van der Waals surface area contributed by atoms with Gasteiger partial charge in [0.1, 0.15) is 102 Å². The highest BCUT2D eigenvalue weighted by Gasteiger charge is 2.34. The zero-order valence-electron chi connectivity index (χ0n) is 64.6. The van der Waals surface area contributed by atoms with Crippen molar-refractivity contribution in [3.8, 4) is 69.2 Å². The molecule has 9 aliphatic heterocycles. The predicted octanol–water partition coefficient (Wildman–Crippen LogP) is 9.87. The molecular formula is C88H87N17O11. The number of ether oxygens (including phenoxy) is 7. The Balaban J connectivity index is 0.000000131. The highest BCUT2D eigenvalue weighted by molar-refractivity contribution is 6.10. The van der Waals surface area contributed by atoms with Crippen LogP contribution in [0, 0.1) is 34.0 Å². The van der Waals surface area contributed by atoms with Crippen LogP contribution >= 0.6 is 0 Å². The summed E-state index contributed by atoms with van der Waals surface area (Å²) in [5.74, 6) is 0.888. The third-order valence-corrected chi connectivity index (χ3v) is 21.9. The number of fused-ring (bicyclic) bond motifs is 3. The number of likely N-dealkylation sites (tertiary alicyclic amines) is 2. The number of carbonyl (C=O) groups is 2. The number of aliphatic imine (C=N–C) groups is 3. The number of morpholine rings is 3. The van der Waals surface area contributed by atoms with Crippen LogP contribution < -0.4 is 28.9 Å². The van der Waals surface area contributed by atoms with Gasteiger partial charge in [-0.15, -0.1) is 0 Å². The molecule has 2 amide bonds. The highest BCUT2D eigenvalue weighted by Crippen LogP contribution is 2.42. The number of nitrogens with zero attached hydrogens (tertiary/aromatic N) is 17. The number of hydrogen-bond acceptors (Lipinski definition) is 26. The van der Waals surface area contributed by atoms with Crippen molar-refractivity contribution in [2.24, 2.45) is 15.0 Å². The average molecular weight is 1560 g/mol. The molecule has 28 nitrogen and oxygen atoms in total. The first-order chi connectivity index (χ1) is 56.8. The Morgan fingerprint density at radius 3 is 1.11 bits per heavy atom. The minimum Gasteiger partial charge on any atom is -0.489 e. The van der Waals surface area contributed by atoms with Crippen LogP contribution in [-0.4, -0.2) is 228 Å². The van der Waals surface area contributed by atoms with Gasteiger partial charge in [-0.25, -0.2) is 44.9 Å². The number of carbonyl (C=O) groups excluding carboxylic acids is 2. The number of aliphatic hydroxyl groups excluding tert-OH is 2. The molecule has 28 heteroatoms. The van der Waals surface area contributed by atoms with E-state index in [9.17, 15) is 35.6 Å². The maximum absolute atomic E-state index is 12.1. The fraction of sp³-hybridized carbons (Fsp3) is 0.364. The van der Waals surface area contributed by atoms with Gasteiger partial charge in [-0.2, -0.15) is 15.8 Å². The Morgan fingerprint density at radius 1 is 0.397 bits per heavy atom. The van der Waals surface area contributed by atoms with Crippen LogP contribution in [0.4, 0.5) is 34.1 Å². The monoisotopic (exact) mass is 1560 g/mol. The van der Waals surface area contributed by atoms with E-state index in [2.05, 4.69) is 136 Å². The molecule has 9 aromatic rings. The second kappa shape index (κ2) is 35.5. The van der Waals surface area contributed by atoms with E-state index in [1.54, 1.807) is 40.4 Å². The molecule has 0 bridgehead atoms. The topological polar surface area (TPSA) is 341 Å². The molecule has 0 aliphatic carbocycles. The number of benzene rings is 6. The molecule has 6 saturated heterocycles. The summed E-state index contributed by atoms with van der Waals surface area (Å²) in [6, 6.07) is 48.6. The second-order valence-electron chi connectivity index (χ2n) is 29.6. The van der Waals surface area contributed by atoms with Crippen LogP contribution in [-0.2, 0) is 47.8 Å². The first kappa shape index (κ1) is 77.5. The summed E-state index contributed by atoms with van der Waals surface area (Å²) in [5.41, 5.74) is 20.0. The van der Waals surface area contributed by atoms with Crippen LogP contribution in [0.25, 0.3) is 33.8 Å². The average Bonchev–Trinajstić information content (AvgIpc) is 1.64. The minimum absolute atomic E-state index is 0.0698. The van der Waals surface area contributed by atoms with Crippen molar-refractivity contribution < 1.29 is 53.0 Å². The molecule has 0 saturated carbocycles. The van der Waals surface area contributed by atoms with Crippen molar-refractivity contribution in [2.75, 3.05) is 133 Å². The Morgan fingerprint density at radius 2 is 0.741 bits per heavy atom. The Bertz CT molecular complexity index is 5140. The second-order valence-corrected chi connectivity index (χ2v) is 29.6. The van der Waals surface area contributed by atoms with Crippen LogP contribution in [0.5, 0.6) is 17.2 Å². The van der Waals surface area contributed by atoms with E-state index in [1.807, 2.05) is 30.3 Å². The van der Waals surface area contributed by atoms with Crippen LogP contribution in [0.3, 0.4) is 0 Å². The van der Waals surface area contributed by atoms with Crippen molar-refractivity contribution >= 4 is 63.1 Å². The Hall–Kier alpha value is -12.5. The molecule has 0 radical (unpaired) electrons. The van der Waals surface area contributed by atoms with Gasteiger partial charge < -0.3 is 67.9 Å². The fourth-order valence-electron chi connectivity index (χ4n) is 15.7. The number of anilines is 3. The summed E-state index contributed by atoms with van der Waals surface area (Å²) in [7, 11) is 0. The predicted molar refractivity (Wildman–Crippen MR) is 434 cm³/mol. The zero-order valence-corrected chi connectivity index (χ0v) is 64.6. The van der Waals surface area contributed by atoms with Crippen LogP contribution in [0.15, 0.2) is 161 Å². The van der Waals surface area contributed by atoms with Gasteiger partial charge in [-0.05, 0) is 122 Å². The largest absolute Gasteiger partial charge is 0.489 e. The standard InChI is InChI=1S/2C30H30N6O4.C28H27N5O3/c2*1-19(37)30(38)36-9-8-24(17-36)40-27-7-4-21(14-22(27)16-31)28-29-26(32-18-33-28)15-25(34-29)20-2-5-23(6-3-20)35-10-12-39-13-11-35;29-17-21-14-20(4-5-26(21)36-23-6-10-34-11-7-23)27-28-25(30-18-31-27)16-24(32-28)19-2-1-3-22(15-19)33-8-12-35-13-9-33/h2*2-7,14,18-19,24,37H,8-13,15,17H2,1H3;1-5,14-15,18,23H,6-13,16H2/t19-,24+;19-,24-;/m01./s1. The SMILES string of the molecule is C[C@@H](O)C(=O)N1CC[C@@H](Oc2ccc(-c3ncnc4c3N=C(c3ccc(N5CCOCC5)cc3)C4)cc2C#N)C1.C[C@H](O)C(=O)N1CC[C@@H](Oc2ccc(-c3ncnc4c3N=C(c3ccc(N5CCOCC5)cc3)C4)cc2C#N)C1.N#Cc1cc(-c2ncnc3c2N=C(c2cccc(N4CCOCC4)c2)C3)ccc1OC1CCOCC1. The van der Waals surface area contributed by atoms with Gasteiger partial charge in [0, 0.05) is 131 Å². The lowest BCUT2D eigenvalue weighted by molar-refractivity contribution is -0.139. The normalized spacial score (nSPS) is 18.7. The van der Waals surface area contributed by atoms with Crippen molar-refractivity contribution in [3.05, 3.63) is 197 Å². The summed E-state index contributed by atoms with van der Waals surface area (Å²) in [4.78, 5) is 76.3. The van der Waals surface area contributed by atoms with E-state index in [1.165, 1.54) is 43.6 Å². The minimum atomic E-state index is -1.04. The number of rotatable bonds is 17. The molecule has 6 aromatic carbocycles. The van der Waals surface area contributed by atoms with Gasteiger partial charge in [0.2, 0.25) is 0 Å². The van der Waals surface area contributed by atoms with Crippen molar-refractivity contribution in [1.29, 1.82) is 15.8 Å². The fourth-order valence-corrected chi connectivity index (χ4v) is 15.7. The molecule has 116 heavy (non-hydrogen) atoms. The zero-order chi connectivity index (χ0) is 79.6. The lowest BCUT2D eigenvalue weighted by Gasteiger charge is -2.29. The lowest BCUT2D eigenvalue weighted by Crippen LogP contribution is -2.37. The summed E-state index contributed by atoms with van der Waals surface area (Å²) in [6.07, 6.45) is 6.94. The Kier molecular flexibility index (Phi) is 23.7. The smallest absolute Gasteiger partial charge is 0.251 e. The van der Waals surface area contributed by atoms with E-state index < -0.39 is 12.2 Å². The Labute approximate surface area is 671 Å². The van der Waals surface area contributed by atoms with Crippen molar-refractivity contribution in [1.82, 2.24) is 39.7 Å². The molecule has 4 atom stereocenters. The van der Waals surface area contributed by atoms with Crippen LogP contribution in [0.1, 0.15) is 90.0 Å². The number of aliphatic hydroxyl groups is 2. The molecule has 3 aromatic heterocycles. The van der Waals surface area contributed by atoms with E-state index in [0.717, 1.165) is 182 Å². The van der Waals surface area contributed by atoms with Gasteiger partial charge >= 0.3 is 0 Å². The first-order valence-electron chi connectivity index (χ1n) is 39.5. The van der Waals surface area contributed by atoms with Crippen LogP contribution in [0.2, 0.25) is 0 Å². The van der Waals surface area contributed by atoms with Gasteiger partial charge in [-0.1, -0.05) is 36.4 Å². The molecule has 9 aliphatic rings. The first-order valence-corrected chi connectivity index (χ1v) is 39.5. The maximum atomic E-state index is 12.1. The van der Waals surface area contributed by atoms with Gasteiger partial charge in [0.05, 0.1) is 134 Å². The molecule has 12 heterocycles. The number of hydrogen-bond donors (Lipinski definition) is 2. The number of amides is 2. The van der Waals surface area contributed by atoms with E-state index >= 15 is 0 Å². The van der Waals surface area contributed by atoms with Gasteiger partial charge in [-0.3, -0.25) is 9.59 Å². The molecule has 0 unspecified atom stereocenters. The molecule has 18 rings (SSSR count). The maximum Gasteiger partial charge on any atom is 0.251 e. The number of nitriles is 3. The van der Waals surface area contributed by atoms with Crippen molar-refractivity contribution in [2.45, 2.75) is 89.3 Å². The summed E-state index contributed by atoms with van der Waals surface area (Å²) in [6.45, 7) is 15.9. The summed E-state index contributed by atoms with van der Waals surface area (Å²) >= 11 is 0. The summed E-state index contributed by atoms with van der Waals surface area (Å²) in [5, 5.41) is 48.7. The third kappa shape index (κ3) is 17.4. The highest BCUT2D eigenvalue weighted by atomic mass is 16.5. The molecule has 6 fully saturated rings. The summed E-state index contributed by atoms with van der Waals surface area (Å²) < 4.78 is 40.2. The third-order valence-electron chi connectivity index (χ3n) is 21.9. The molecular weight excluding hydrogens is 1470 g/mol. The molecule has 0 spiro atoms. The van der Waals surface area contributed by atoms with Gasteiger partial charge in [0.25, 0.3) is 11.8 Å².